The van der Waals surface area contributed by atoms with Crippen LogP contribution in [0.1, 0.15) is 39.0 Å². The molecule has 0 saturated heterocycles. The second-order valence-corrected chi connectivity index (χ2v) is 4.53. The summed E-state index contributed by atoms with van der Waals surface area (Å²) in [5.41, 5.74) is 9.44. The molecule has 1 unspecified atom stereocenters. The van der Waals surface area contributed by atoms with E-state index in [2.05, 4.69) is 10.8 Å². The van der Waals surface area contributed by atoms with Gasteiger partial charge in [-0.15, -0.1) is 0 Å². The van der Waals surface area contributed by atoms with E-state index < -0.39 is 5.97 Å². The van der Waals surface area contributed by atoms with Gasteiger partial charge < -0.3 is 14.9 Å². The molecule has 2 aromatic rings. The van der Waals surface area contributed by atoms with Crippen LogP contribution in [0, 0.1) is 13.8 Å². The minimum atomic E-state index is -0.501. The summed E-state index contributed by atoms with van der Waals surface area (Å²) in [4.78, 5) is 11.3. The Kier molecular flexibility index (Phi) is 3.71. The SMILES string of the molecule is COC(=O)c1ccc(C(N)c2ccc(C)cc2C)o1. The topological polar surface area (TPSA) is 65.5 Å². The molecule has 1 atom stereocenters. The first-order valence-corrected chi connectivity index (χ1v) is 6.03. The van der Waals surface area contributed by atoms with Gasteiger partial charge in [0, 0.05) is 0 Å². The van der Waals surface area contributed by atoms with Crippen LogP contribution in [-0.2, 0) is 4.74 Å². The summed E-state index contributed by atoms with van der Waals surface area (Å²) in [5, 5.41) is 0. The number of benzene rings is 1. The van der Waals surface area contributed by atoms with Gasteiger partial charge in [-0.1, -0.05) is 23.8 Å². The van der Waals surface area contributed by atoms with Crippen molar-refractivity contribution in [1.29, 1.82) is 0 Å². The molecule has 0 aliphatic carbocycles. The monoisotopic (exact) mass is 259 g/mol. The Morgan fingerprint density at radius 3 is 2.63 bits per heavy atom. The van der Waals surface area contributed by atoms with Gasteiger partial charge in [-0.25, -0.2) is 4.79 Å². The van der Waals surface area contributed by atoms with Crippen LogP contribution in [-0.4, -0.2) is 13.1 Å². The zero-order chi connectivity index (χ0) is 14.0. The van der Waals surface area contributed by atoms with Crippen LogP contribution in [0.4, 0.5) is 0 Å². The maximum atomic E-state index is 11.3. The van der Waals surface area contributed by atoms with E-state index in [0.29, 0.717) is 5.76 Å². The average Bonchev–Trinajstić information content (AvgIpc) is 2.86. The van der Waals surface area contributed by atoms with Gasteiger partial charge in [0.1, 0.15) is 5.76 Å². The highest BCUT2D eigenvalue weighted by molar-refractivity contribution is 5.86. The van der Waals surface area contributed by atoms with Gasteiger partial charge in [-0.05, 0) is 37.1 Å². The summed E-state index contributed by atoms with van der Waals surface area (Å²) in [6, 6.07) is 8.95. The number of esters is 1. The molecule has 1 heterocycles. The Bertz CT molecular complexity index is 601. The van der Waals surface area contributed by atoms with Crippen molar-refractivity contribution in [3.05, 3.63) is 58.5 Å². The third kappa shape index (κ3) is 2.69. The first-order valence-electron chi connectivity index (χ1n) is 6.03. The van der Waals surface area contributed by atoms with E-state index in [1.807, 2.05) is 26.0 Å². The van der Waals surface area contributed by atoms with E-state index in [0.717, 1.165) is 11.1 Å². The van der Waals surface area contributed by atoms with Crippen molar-refractivity contribution >= 4 is 5.97 Å². The normalized spacial score (nSPS) is 12.2. The lowest BCUT2D eigenvalue weighted by molar-refractivity contribution is 0.0562. The number of furan rings is 1. The van der Waals surface area contributed by atoms with Crippen LogP contribution < -0.4 is 5.73 Å². The van der Waals surface area contributed by atoms with Crippen molar-refractivity contribution in [2.75, 3.05) is 7.11 Å². The molecule has 0 saturated carbocycles. The maximum absolute atomic E-state index is 11.3. The van der Waals surface area contributed by atoms with E-state index in [9.17, 15) is 4.79 Å². The third-order valence-electron chi connectivity index (χ3n) is 3.08. The molecule has 19 heavy (non-hydrogen) atoms. The summed E-state index contributed by atoms with van der Waals surface area (Å²) in [7, 11) is 1.31. The summed E-state index contributed by atoms with van der Waals surface area (Å²) >= 11 is 0. The molecule has 1 aromatic carbocycles. The number of carbonyl (C=O) groups excluding carboxylic acids is 1. The number of carbonyl (C=O) groups is 1. The highest BCUT2D eigenvalue weighted by Crippen LogP contribution is 2.25. The smallest absolute Gasteiger partial charge is 0.373 e. The molecule has 0 radical (unpaired) electrons. The van der Waals surface area contributed by atoms with Crippen LogP contribution in [0.3, 0.4) is 0 Å². The van der Waals surface area contributed by atoms with Crippen molar-refractivity contribution < 1.29 is 13.9 Å². The summed E-state index contributed by atoms with van der Waals surface area (Å²) < 4.78 is 10.0. The van der Waals surface area contributed by atoms with E-state index in [4.69, 9.17) is 10.2 Å². The number of aryl methyl sites for hydroxylation is 2. The molecule has 4 nitrogen and oxygen atoms in total. The van der Waals surface area contributed by atoms with E-state index >= 15 is 0 Å². The molecule has 2 rings (SSSR count). The number of rotatable bonds is 3. The molecular weight excluding hydrogens is 242 g/mol. The fraction of sp³-hybridized carbons (Fsp3) is 0.267. The number of nitrogens with two attached hydrogens (primary N) is 1. The van der Waals surface area contributed by atoms with Gasteiger partial charge in [-0.3, -0.25) is 0 Å². The Morgan fingerprint density at radius 1 is 1.26 bits per heavy atom. The first-order chi connectivity index (χ1) is 9.02. The van der Waals surface area contributed by atoms with Gasteiger partial charge in [0.25, 0.3) is 0 Å². The molecule has 2 N–H and O–H groups in total. The van der Waals surface area contributed by atoms with Crippen molar-refractivity contribution in [2.24, 2.45) is 5.73 Å². The molecule has 1 aromatic heterocycles. The molecule has 0 spiro atoms. The highest BCUT2D eigenvalue weighted by atomic mass is 16.5. The molecular formula is C15H17NO3. The highest BCUT2D eigenvalue weighted by Gasteiger charge is 2.18. The van der Waals surface area contributed by atoms with Gasteiger partial charge in [0.2, 0.25) is 5.76 Å². The van der Waals surface area contributed by atoms with Crippen molar-refractivity contribution in [2.45, 2.75) is 19.9 Å². The second-order valence-electron chi connectivity index (χ2n) is 4.53. The molecule has 0 amide bonds. The van der Waals surface area contributed by atoms with Crippen LogP contribution in [0.2, 0.25) is 0 Å². The average molecular weight is 259 g/mol. The standard InChI is InChI=1S/C15H17NO3/c1-9-4-5-11(10(2)8-9)14(16)12-6-7-13(19-12)15(17)18-3/h4-8,14H,16H2,1-3H3. The first kappa shape index (κ1) is 13.4. The van der Waals surface area contributed by atoms with E-state index in [1.54, 1.807) is 12.1 Å². The lowest BCUT2D eigenvalue weighted by Crippen LogP contribution is -2.12. The van der Waals surface area contributed by atoms with Gasteiger partial charge in [-0.2, -0.15) is 0 Å². The lowest BCUT2D eigenvalue weighted by Gasteiger charge is -2.13. The Morgan fingerprint density at radius 2 is 2.00 bits per heavy atom. The van der Waals surface area contributed by atoms with Crippen LogP contribution in [0.5, 0.6) is 0 Å². The Balaban J connectivity index is 2.31. The Hall–Kier alpha value is -2.07. The minimum Gasteiger partial charge on any atom is -0.463 e. The van der Waals surface area contributed by atoms with Crippen molar-refractivity contribution in [1.82, 2.24) is 0 Å². The van der Waals surface area contributed by atoms with Crippen molar-refractivity contribution in [3.8, 4) is 0 Å². The zero-order valence-corrected chi connectivity index (χ0v) is 11.3. The predicted octanol–water partition coefficient (Wildman–Crippen LogP) is 2.73. The number of hydrogen-bond donors (Lipinski definition) is 1. The molecule has 100 valence electrons. The minimum absolute atomic E-state index is 0.165. The van der Waals surface area contributed by atoms with E-state index in [-0.39, 0.29) is 11.8 Å². The molecule has 4 heteroatoms. The van der Waals surface area contributed by atoms with Crippen LogP contribution >= 0.6 is 0 Å². The number of ether oxygens (including phenoxy) is 1. The molecule has 0 aliphatic heterocycles. The summed E-state index contributed by atoms with van der Waals surface area (Å²) in [6.07, 6.45) is 0. The third-order valence-corrected chi connectivity index (χ3v) is 3.08. The maximum Gasteiger partial charge on any atom is 0.373 e. The lowest BCUT2D eigenvalue weighted by atomic mass is 9.98. The van der Waals surface area contributed by atoms with Crippen molar-refractivity contribution in [3.63, 3.8) is 0 Å². The van der Waals surface area contributed by atoms with E-state index in [1.165, 1.54) is 12.7 Å². The van der Waals surface area contributed by atoms with Gasteiger partial charge in [0.05, 0.1) is 13.2 Å². The number of methoxy groups -OCH3 is 1. The quantitative estimate of drug-likeness (QED) is 0.861. The summed E-state index contributed by atoms with van der Waals surface area (Å²) in [6.45, 7) is 4.04. The molecule has 0 fully saturated rings. The fourth-order valence-electron chi connectivity index (χ4n) is 2.06. The second kappa shape index (κ2) is 5.28. The zero-order valence-electron chi connectivity index (χ0n) is 11.3. The largest absolute Gasteiger partial charge is 0.463 e. The Labute approximate surface area is 112 Å². The fourth-order valence-corrected chi connectivity index (χ4v) is 2.06. The predicted molar refractivity (Wildman–Crippen MR) is 72.0 cm³/mol. The van der Waals surface area contributed by atoms with Crippen LogP contribution in [0.25, 0.3) is 0 Å². The molecule has 0 bridgehead atoms. The number of hydrogen-bond acceptors (Lipinski definition) is 4. The van der Waals surface area contributed by atoms with Gasteiger partial charge in [0.15, 0.2) is 0 Å². The molecule has 0 aliphatic rings. The van der Waals surface area contributed by atoms with Crippen LogP contribution in [0.15, 0.2) is 34.7 Å². The summed E-state index contributed by atoms with van der Waals surface area (Å²) in [5.74, 6) is 0.212. The van der Waals surface area contributed by atoms with Gasteiger partial charge >= 0.3 is 5.97 Å².